The summed E-state index contributed by atoms with van der Waals surface area (Å²) in [7, 11) is -1.02. The summed E-state index contributed by atoms with van der Waals surface area (Å²) in [6, 6.07) is 29.6. The van der Waals surface area contributed by atoms with Crippen LogP contribution < -0.4 is 0 Å². The van der Waals surface area contributed by atoms with E-state index in [0.29, 0.717) is 32.9 Å². The van der Waals surface area contributed by atoms with Gasteiger partial charge in [-0.2, -0.15) is 5.26 Å². The molecule has 0 aliphatic carbocycles. The van der Waals surface area contributed by atoms with E-state index in [0.717, 1.165) is 32.4 Å². The Balaban J connectivity index is 1.59. The third-order valence-corrected chi connectivity index (χ3v) is 8.44. The highest BCUT2D eigenvalue weighted by Gasteiger charge is 2.16. The van der Waals surface area contributed by atoms with E-state index >= 15 is 0 Å². The molecule has 7 heteroatoms. The minimum atomic E-state index is -1.02. The van der Waals surface area contributed by atoms with Gasteiger partial charge in [0.25, 0.3) is 0 Å². The number of rotatable bonds is 8. The second-order valence-corrected chi connectivity index (χ2v) is 11.5. The number of aromatic nitrogens is 1. The van der Waals surface area contributed by atoms with Gasteiger partial charge >= 0.3 is 0 Å². The molecule has 0 N–H and O–H groups in total. The zero-order valence-electron chi connectivity index (χ0n) is 18.1. The molecule has 0 bridgehead atoms. The summed E-state index contributed by atoms with van der Waals surface area (Å²) in [5.41, 5.74) is 5.12. The number of nitriles is 1. The van der Waals surface area contributed by atoms with Crippen molar-refractivity contribution in [2.24, 2.45) is 0 Å². The number of benzene rings is 3. The Morgan fingerprint density at radius 3 is 2.35 bits per heavy atom. The summed E-state index contributed by atoms with van der Waals surface area (Å²) in [6.07, 6.45) is 0. The summed E-state index contributed by atoms with van der Waals surface area (Å²) in [5.74, 6) is 1.58. The van der Waals surface area contributed by atoms with Gasteiger partial charge in [-0.15, -0.1) is 11.8 Å². The zero-order valence-corrected chi connectivity index (χ0v) is 22.1. The number of hydrogen-bond donors (Lipinski definition) is 0. The summed E-state index contributed by atoms with van der Waals surface area (Å²) in [6.45, 7) is 0. The summed E-state index contributed by atoms with van der Waals surface area (Å²) >= 11 is 10.9. The largest absolute Gasteiger partial charge is 0.259 e. The van der Waals surface area contributed by atoms with Crippen molar-refractivity contribution in [1.29, 1.82) is 5.26 Å². The predicted octanol–water partition coefficient (Wildman–Crippen LogP) is 7.74. The van der Waals surface area contributed by atoms with Crippen LogP contribution in [-0.2, 0) is 16.6 Å². The number of thioether (sulfide) groups is 1. The number of halogens is 2. The molecule has 0 fully saturated rings. The molecule has 4 aromatic rings. The standard InChI is InChI=1S/C27H20BrClN2OS2/c28-22-10-8-21(9-11-22)26-16-24(20-4-2-1-3-5-20)25(17-30)27(31-26)33-14-15-34(32)18-19-6-12-23(29)13-7-19/h1-13,16H,14-15,18H2/t34-/m0/s1. The average Bonchev–Trinajstić information content (AvgIpc) is 2.86. The van der Waals surface area contributed by atoms with E-state index in [9.17, 15) is 9.47 Å². The van der Waals surface area contributed by atoms with E-state index in [1.54, 1.807) is 0 Å². The SMILES string of the molecule is N#Cc1c(-c2ccccc2)cc(-c2ccc(Br)cc2)nc1SCC[S@](=O)Cc1ccc(Cl)cc1. The molecule has 0 saturated carbocycles. The van der Waals surface area contributed by atoms with Gasteiger partial charge in [-0.1, -0.05) is 82.1 Å². The highest BCUT2D eigenvalue weighted by atomic mass is 79.9. The van der Waals surface area contributed by atoms with E-state index in [-0.39, 0.29) is 0 Å². The van der Waals surface area contributed by atoms with Crippen molar-refractivity contribution in [3.63, 3.8) is 0 Å². The van der Waals surface area contributed by atoms with Gasteiger partial charge in [-0.25, -0.2) is 4.98 Å². The fourth-order valence-electron chi connectivity index (χ4n) is 3.42. The first-order valence-electron chi connectivity index (χ1n) is 10.5. The van der Waals surface area contributed by atoms with Crippen LogP contribution in [-0.4, -0.2) is 20.7 Å². The number of pyridine rings is 1. The van der Waals surface area contributed by atoms with Crippen molar-refractivity contribution in [1.82, 2.24) is 4.98 Å². The maximum Gasteiger partial charge on any atom is 0.115 e. The first-order chi connectivity index (χ1) is 16.5. The average molecular weight is 568 g/mol. The molecule has 0 spiro atoms. The third-order valence-electron chi connectivity index (χ3n) is 5.11. The van der Waals surface area contributed by atoms with Crippen LogP contribution in [0.3, 0.4) is 0 Å². The van der Waals surface area contributed by atoms with Crippen molar-refractivity contribution in [3.8, 4) is 28.5 Å². The highest BCUT2D eigenvalue weighted by molar-refractivity contribution is 9.10. The zero-order chi connectivity index (χ0) is 23.9. The Morgan fingerprint density at radius 1 is 0.971 bits per heavy atom. The molecule has 34 heavy (non-hydrogen) atoms. The normalized spacial score (nSPS) is 11.7. The third kappa shape index (κ3) is 6.37. The molecule has 3 nitrogen and oxygen atoms in total. The number of nitrogens with zero attached hydrogens (tertiary/aromatic N) is 2. The molecule has 1 atom stereocenters. The summed E-state index contributed by atoms with van der Waals surface area (Å²) in [4.78, 5) is 4.83. The van der Waals surface area contributed by atoms with E-state index in [1.807, 2.05) is 84.9 Å². The molecule has 0 saturated heterocycles. The van der Waals surface area contributed by atoms with Crippen LogP contribution in [0.15, 0.2) is 94.4 Å². The van der Waals surface area contributed by atoms with Crippen LogP contribution in [0.4, 0.5) is 0 Å². The Kier molecular flexibility index (Phi) is 8.58. The van der Waals surface area contributed by atoms with Gasteiger partial charge in [0.2, 0.25) is 0 Å². The Hall–Kier alpha value is -2.43. The molecular formula is C27H20BrClN2OS2. The van der Waals surface area contributed by atoms with Gasteiger partial charge in [0.15, 0.2) is 0 Å². The molecule has 0 aliphatic heterocycles. The van der Waals surface area contributed by atoms with Gasteiger partial charge in [0.1, 0.15) is 11.1 Å². The van der Waals surface area contributed by atoms with Crippen LogP contribution >= 0.6 is 39.3 Å². The fourth-order valence-corrected chi connectivity index (χ4v) is 6.25. The first kappa shape index (κ1) is 24.7. The topological polar surface area (TPSA) is 53.8 Å². The van der Waals surface area contributed by atoms with Gasteiger partial charge in [0.05, 0.1) is 11.3 Å². The molecular weight excluding hydrogens is 548 g/mol. The van der Waals surface area contributed by atoms with E-state index in [1.165, 1.54) is 11.8 Å². The molecule has 0 aliphatic rings. The molecule has 1 heterocycles. The molecule has 170 valence electrons. The molecule has 4 rings (SSSR count). The van der Waals surface area contributed by atoms with E-state index in [4.69, 9.17) is 16.6 Å². The predicted molar refractivity (Wildman–Crippen MR) is 146 cm³/mol. The second-order valence-electron chi connectivity index (χ2n) is 7.48. The lowest BCUT2D eigenvalue weighted by Gasteiger charge is -2.13. The Bertz CT molecular complexity index is 1340. The fraction of sp³-hybridized carbons (Fsp3) is 0.111. The highest BCUT2D eigenvalue weighted by Crippen LogP contribution is 2.34. The van der Waals surface area contributed by atoms with Crippen LogP contribution in [0.1, 0.15) is 11.1 Å². The van der Waals surface area contributed by atoms with Gasteiger partial charge < -0.3 is 0 Å². The Labute approximate surface area is 219 Å². The summed E-state index contributed by atoms with van der Waals surface area (Å²) < 4.78 is 13.6. The molecule has 0 radical (unpaired) electrons. The number of hydrogen-bond acceptors (Lipinski definition) is 4. The second kappa shape index (κ2) is 11.8. The summed E-state index contributed by atoms with van der Waals surface area (Å²) in [5, 5.41) is 11.3. The van der Waals surface area contributed by atoms with E-state index < -0.39 is 10.8 Å². The van der Waals surface area contributed by atoms with Crippen LogP contribution in [0.25, 0.3) is 22.4 Å². The van der Waals surface area contributed by atoms with Crippen molar-refractivity contribution in [3.05, 3.63) is 106 Å². The van der Waals surface area contributed by atoms with Crippen LogP contribution in [0, 0.1) is 11.3 Å². The Morgan fingerprint density at radius 2 is 1.68 bits per heavy atom. The lowest BCUT2D eigenvalue weighted by atomic mass is 9.99. The van der Waals surface area contributed by atoms with Gasteiger partial charge in [-0.05, 0) is 41.5 Å². The molecule has 1 aromatic heterocycles. The minimum Gasteiger partial charge on any atom is -0.259 e. The van der Waals surface area contributed by atoms with Gasteiger partial charge in [0, 0.05) is 48.7 Å². The maximum absolute atomic E-state index is 12.6. The monoisotopic (exact) mass is 566 g/mol. The smallest absolute Gasteiger partial charge is 0.115 e. The first-order valence-corrected chi connectivity index (χ1v) is 14.2. The minimum absolute atomic E-state index is 0.477. The van der Waals surface area contributed by atoms with Crippen LogP contribution in [0.2, 0.25) is 5.02 Å². The quantitative estimate of drug-likeness (QED) is 0.204. The molecule has 0 amide bonds. The lowest BCUT2D eigenvalue weighted by Crippen LogP contribution is -2.04. The molecule has 3 aromatic carbocycles. The van der Waals surface area contributed by atoms with Gasteiger partial charge in [-0.3, -0.25) is 4.21 Å². The van der Waals surface area contributed by atoms with Crippen molar-refractivity contribution >= 4 is 50.1 Å². The maximum atomic E-state index is 12.6. The van der Waals surface area contributed by atoms with Crippen molar-refractivity contribution in [2.75, 3.05) is 11.5 Å². The molecule has 0 unspecified atom stereocenters. The van der Waals surface area contributed by atoms with Crippen molar-refractivity contribution < 1.29 is 4.21 Å². The van der Waals surface area contributed by atoms with E-state index in [2.05, 4.69) is 22.0 Å². The lowest BCUT2D eigenvalue weighted by molar-refractivity contribution is 0.683. The van der Waals surface area contributed by atoms with Crippen LogP contribution in [0.5, 0.6) is 0 Å². The van der Waals surface area contributed by atoms with Crippen molar-refractivity contribution in [2.45, 2.75) is 10.8 Å².